The van der Waals surface area contributed by atoms with E-state index in [1.165, 1.54) is 10.8 Å². The summed E-state index contributed by atoms with van der Waals surface area (Å²) in [5.41, 5.74) is 9.69. The zero-order chi connectivity index (χ0) is 32.6. The van der Waals surface area contributed by atoms with Gasteiger partial charge >= 0.3 is 0 Å². The van der Waals surface area contributed by atoms with Crippen LogP contribution in [0.15, 0.2) is 170 Å². The summed E-state index contributed by atoms with van der Waals surface area (Å²) in [7, 11) is 0. The summed E-state index contributed by atoms with van der Waals surface area (Å²) in [5.74, 6) is 1.80. The second kappa shape index (κ2) is 13.8. The summed E-state index contributed by atoms with van der Waals surface area (Å²) in [6.07, 6.45) is 0. The SMILES string of the molecule is [Y].[c-]1ccccc1-c1[c-]cc(-c2ccccc2)c(-c2nc(-c3ccccc3)nc(-c3ccccc3)n2)c1-n1c2ccccc2c2ccccc21. The van der Waals surface area contributed by atoms with Gasteiger partial charge in [0.15, 0.2) is 11.6 Å². The topological polar surface area (TPSA) is 43.6 Å². The Hall–Kier alpha value is -5.55. The van der Waals surface area contributed by atoms with Crippen molar-refractivity contribution in [2.45, 2.75) is 0 Å². The molecular weight excluding hydrogens is 685 g/mol. The number of para-hydroxylation sites is 2. The minimum atomic E-state index is 0. The number of hydrogen-bond donors (Lipinski definition) is 0. The average molecular weight is 714 g/mol. The van der Waals surface area contributed by atoms with Crippen LogP contribution in [0.5, 0.6) is 0 Å². The zero-order valence-electron chi connectivity index (χ0n) is 27.0. The largest absolute Gasteiger partial charge is 0.359 e. The molecule has 0 spiro atoms. The predicted molar refractivity (Wildman–Crippen MR) is 199 cm³/mol. The molecule has 0 aliphatic carbocycles. The van der Waals surface area contributed by atoms with Crippen molar-refractivity contribution in [3.63, 3.8) is 0 Å². The molecule has 0 fully saturated rings. The molecule has 2 heterocycles. The van der Waals surface area contributed by atoms with E-state index in [-0.39, 0.29) is 32.7 Å². The summed E-state index contributed by atoms with van der Waals surface area (Å²) in [4.78, 5) is 15.6. The van der Waals surface area contributed by atoms with Gasteiger partial charge in [0.05, 0.1) is 0 Å². The van der Waals surface area contributed by atoms with E-state index < -0.39 is 0 Å². The number of fused-ring (bicyclic) bond motifs is 3. The Balaban J connectivity index is 0.00000361. The molecule has 233 valence electrons. The standard InChI is InChI=1S/C45H28N4.Y/c1-5-17-31(18-6-1)35-29-30-36(32-19-7-2-8-20-32)42(49-39-27-15-13-25-37(39)38-26-14-16-28-40(38)49)41(35)45-47-43(33-21-9-3-10-22-33)46-44(48-45)34-23-11-4-12-24-34;/h1-19,21-29H;/q-2;. The molecule has 7 aromatic carbocycles. The number of nitrogens with zero attached hydrogens (tertiary/aromatic N) is 4. The maximum absolute atomic E-state index is 5.29. The Kier molecular flexibility index (Phi) is 8.72. The van der Waals surface area contributed by atoms with Gasteiger partial charge in [-0.3, -0.25) is 0 Å². The van der Waals surface area contributed by atoms with Gasteiger partial charge in [0.25, 0.3) is 0 Å². The molecule has 0 N–H and O–H groups in total. The summed E-state index contributed by atoms with van der Waals surface area (Å²) in [6.45, 7) is 0. The zero-order valence-corrected chi connectivity index (χ0v) is 29.9. The van der Waals surface area contributed by atoms with E-state index in [1.54, 1.807) is 0 Å². The van der Waals surface area contributed by atoms with Gasteiger partial charge in [-0.25, -0.2) is 26.1 Å². The average Bonchev–Trinajstić information content (AvgIpc) is 3.52. The van der Waals surface area contributed by atoms with Gasteiger partial charge in [0.2, 0.25) is 0 Å². The van der Waals surface area contributed by atoms with E-state index in [0.717, 1.165) is 55.7 Å². The van der Waals surface area contributed by atoms with Crippen LogP contribution in [-0.2, 0) is 32.7 Å². The van der Waals surface area contributed by atoms with Crippen LogP contribution < -0.4 is 0 Å². The number of benzene rings is 7. The summed E-state index contributed by atoms with van der Waals surface area (Å²) < 4.78 is 2.35. The molecule has 9 rings (SSSR count). The van der Waals surface area contributed by atoms with Gasteiger partial charge < -0.3 is 4.57 Å². The van der Waals surface area contributed by atoms with Crippen LogP contribution in [0.2, 0.25) is 0 Å². The first-order chi connectivity index (χ1) is 24.3. The molecule has 0 bridgehead atoms. The molecule has 0 unspecified atom stereocenters. The first-order valence-electron chi connectivity index (χ1n) is 16.3. The third kappa shape index (κ3) is 5.67. The fourth-order valence-electron chi connectivity index (χ4n) is 6.67. The summed E-state index contributed by atoms with van der Waals surface area (Å²) in [5, 5.41) is 2.34. The van der Waals surface area contributed by atoms with Crippen LogP contribution in [0.25, 0.3) is 83.9 Å². The van der Waals surface area contributed by atoms with Crippen LogP contribution in [0.3, 0.4) is 0 Å². The van der Waals surface area contributed by atoms with Crippen molar-refractivity contribution in [2.24, 2.45) is 0 Å². The Morgan fingerprint density at radius 1 is 0.440 bits per heavy atom. The van der Waals surface area contributed by atoms with Gasteiger partial charge in [-0.15, -0.1) is 12.1 Å². The van der Waals surface area contributed by atoms with Gasteiger partial charge in [-0.1, -0.05) is 144 Å². The maximum atomic E-state index is 5.29. The van der Waals surface area contributed by atoms with E-state index in [0.29, 0.717) is 17.5 Å². The fourth-order valence-corrected chi connectivity index (χ4v) is 6.67. The molecule has 9 aromatic rings. The Morgan fingerprint density at radius 3 is 1.46 bits per heavy atom. The minimum absolute atomic E-state index is 0. The monoisotopic (exact) mass is 713 g/mol. The van der Waals surface area contributed by atoms with Crippen molar-refractivity contribution in [3.8, 4) is 62.1 Å². The Morgan fingerprint density at radius 2 is 0.920 bits per heavy atom. The molecule has 0 aliphatic heterocycles. The van der Waals surface area contributed by atoms with Crippen LogP contribution >= 0.6 is 0 Å². The van der Waals surface area contributed by atoms with Crippen molar-refractivity contribution >= 4 is 21.8 Å². The van der Waals surface area contributed by atoms with E-state index in [9.17, 15) is 0 Å². The van der Waals surface area contributed by atoms with Gasteiger partial charge in [-0.2, -0.15) is 30.3 Å². The maximum Gasteiger partial charge on any atom is 0.164 e. The fraction of sp³-hybridized carbons (Fsp3) is 0. The van der Waals surface area contributed by atoms with Crippen LogP contribution in [0.4, 0.5) is 0 Å². The summed E-state index contributed by atoms with van der Waals surface area (Å²) in [6, 6.07) is 65.2. The third-order valence-corrected chi connectivity index (χ3v) is 8.89. The van der Waals surface area contributed by atoms with Crippen LogP contribution in [-0.4, -0.2) is 19.5 Å². The van der Waals surface area contributed by atoms with Crippen molar-refractivity contribution < 1.29 is 32.7 Å². The summed E-state index contributed by atoms with van der Waals surface area (Å²) >= 11 is 0. The van der Waals surface area contributed by atoms with Crippen molar-refractivity contribution in [1.29, 1.82) is 0 Å². The second-order valence-corrected chi connectivity index (χ2v) is 11.9. The normalized spacial score (nSPS) is 11.0. The predicted octanol–water partition coefficient (Wildman–Crippen LogP) is 10.9. The molecular formula is C45H28N4Y-2. The molecule has 50 heavy (non-hydrogen) atoms. The van der Waals surface area contributed by atoms with Gasteiger partial charge in [-0.05, 0) is 17.7 Å². The van der Waals surface area contributed by atoms with Gasteiger partial charge in [0.1, 0.15) is 5.82 Å². The van der Waals surface area contributed by atoms with Crippen LogP contribution in [0, 0.1) is 12.1 Å². The van der Waals surface area contributed by atoms with Crippen LogP contribution in [0.1, 0.15) is 0 Å². The van der Waals surface area contributed by atoms with E-state index >= 15 is 0 Å². The van der Waals surface area contributed by atoms with Crippen molar-refractivity contribution in [2.75, 3.05) is 0 Å². The van der Waals surface area contributed by atoms with Crippen molar-refractivity contribution in [3.05, 3.63) is 182 Å². The molecule has 1 radical (unpaired) electrons. The van der Waals surface area contributed by atoms with E-state index in [4.69, 9.17) is 15.0 Å². The molecule has 4 nitrogen and oxygen atoms in total. The molecule has 0 atom stereocenters. The first-order valence-corrected chi connectivity index (χ1v) is 16.3. The molecule has 0 amide bonds. The Bertz CT molecular complexity index is 2470. The van der Waals surface area contributed by atoms with Gasteiger partial charge in [0, 0.05) is 65.6 Å². The molecule has 5 heteroatoms. The number of hydrogen-bond acceptors (Lipinski definition) is 3. The quantitative estimate of drug-likeness (QED) is 0.161. The molecule has 2 aromatic heterocycles. The second-order valence-electron chi connectivity index (χ2n) is 11.9. The smallest absolute Gasteiger partial charge is 0.164 e. The van der Waals surface area contributed by atoms with E-state index in [2.05, 4.69) is 102 Å². The first kappa shape index (κ1) is 31.7. The Labute approximate surface area is 316 Å². The minimum Gasteiger partial charge on any atom is -0.359 e. The molecule has 0 saturated carbocycles. The molecule has 0 aliphatic rings. The number of aromatic nitrogens is 4. The van der Waals surface area contributed by atoms with Crippen molar-refractivity contribution in [1.82, 2.24) is 19.5 Å². The number of rotatable bonds is 6. The molecule has 0 saturated heterocycles. The third-order valence-electron chi connectivity index (χ3n) is 8.89. The van der Waals surface area contributed by atoms with E-state index in [1.807, 2.05) is 84.9 Å².